The van der Waals surface area contributed by atoms with Crippen molar-refractivity contribution in [3.05, 3.63) is 58.4 Å². The van der Waals surface area contributed by atoms with Gasteiger partial charge in [-0.2, -0.15) is 13.2 Å². The fourth-order valence-corrected chi connectivity index (χ4v) is 4.95. The number of aromatic nitrogens is 1. The van der Waals surface area contributed by atoms with Gasteiger partial charge in [-0.05, 0) is 72.8 Å². The Morgan fingerprint density at radius 3 is 2.31 bits per heavy atom. The number of carboxylic acids is 1. The summed E-state index contributed by atoms with van der Waals surface area (Å²) in [6.07, 6.45) is 3.76. The van der Waals surface area contributed by atoms with E-state index >= 15 is 0 Å². The molecular formula is C28H38F3NO3. The Balaban J connectivity index is 0.000000623. The summed E-state index contributed by atoms with van der Waals surface area (Å²) in [5.74, 6) is 0.400. The van der Waals surface area contributed by atoms with Crippen molar-refractivity contribution in [3.63, 3.8) is 0 Å². The lowest BCUT2D eigenvalue weighted by molar-refractivity contribution is -0.138. The molecule has 1 aromatic carbocycles. The molecule has 2 aromatic rings. The number of halogens is 3. The molecule has 1 N–H and O–H groups in total. The van der Waals surface area contributed by atoms with Crippen LogP contribution in [0.4, 0.5) is 13.2 Å². The third-order valence-corrected chi connectivity index (χ3v) is 7.16. The summed E-state index contributed by atoms with van der Waals surface area (Å²) in [6.45, 7) is 8.54. The standard InChI is InChI=1S/C23H26F3NO3.C5H12/c24-23(25,26)18-6-4-15(5-7-18)13-27-14-20(16-8-10-30-11-9-16)19-3-1-2-17(22(19)27)12-21(28)29;1-4-5(2)3/h4-7,14,16-17H,1-3,8-13H2,(H,28,29);5H,4H2,1-3H3. The first-order valence-electron chi connectivity index (χ1n) is 12.8. The number of rotatable bonds is 6. The van der Waals surface area contributed by atoms with Gasteiger partial charge >= 0.3 is 12.1 Å². The maximum atomic E-state index is 12.9. The Morgan fingerprint density at radius 2 is 1.77 bits per heavy atom. The zero-order chi connectivity index (χ0) is 25.6. The minimum atomic E-state index is -4.35. The number of carbonyl (C=O) groups is 1. The zero-order valence-electron chi connectivity index (χ0n) is 21.0. The molecule has 1 atom stereocenters. The van der Waals surface area contributed by atoms with Crippen LogP contribution in [0.5, 0.6) is 0 Å². The Kier molecular flexibility index (Phi) is 9.45. The molecule has 1 aliphatic carbocycles. The predicted molar refractivity (Wildman–Crippen MR) is 131 cm³/mol. The highest BCUT2D eigenvalue weighted by atomic mass is 19.4. The normalized spacial score (nSPS) is 18.7. The average Bonchev–Trinajstić information content (AvgIpc) is 3.19. The number of nitrogens with zero attached hydrogens (tertiary/aromatic N) is 1. The molecule has 1 fully saturated rings. The summed E-state index contributed by atoms with van der Waals surface area (Å²) in [7, 11) is 0. The smallest absolute Gasteiger partial charge is 0.416 e. The second-order valence-corrected chi connectivity index (χ2v) is 10.1. The van der Waals surface area contributed by atoms with E-state index in [1.54, 1.807) is 0 Å². The summed E-state index contributed by atoms with van der Waals surface area (Å²) >= 11 is 0. The van der Waals surface area contributed by atoms with E-state index in [4.69, 9.17) is 4.74 Å². The summed E-state index contributed by atoms with van der Waals surface area (Å²) < 4.78 is 46.2. The van der Waals surface area contributed by atoms with Gasteiger partial charge in [0, 0.05) is 37.6 Å². The lowest BCUT2D eigenvalue weighted by atomic mass is 9.81. The van der Waals surface area contributed by atoms with Crippen molar-refractivity contribution < 1.29 is 27.8 Å². The molecule has 7 heteroatoms. The van der Waals surface area contributed by atoms with Crippen LogP contribution in [0.2, 0.25) is 0 Å². The molecule has 1 aliphatic heterocycles. The molecule has 0 bridgehead atoms. The molecule has 4 nitrogen and oxygen atoms in total. The molecule has 4 rings (SSSR count). The monoisotopic (exact) mass is 493 g/mol. The highest BCUT2D eigenvalue weighted by molar-refractivity contribution is 5.68. The Morgan fingerprint density at radius 1 is 1.14 bits per heavy atom. The molecule has 0 radical (unpaired) electrons. The number of benzene rings is 1. The highest BCUT2D eigenvalue weighted by Crippen LogP contribution is 2.42. The SMILES string of the molecule is CCC(C)C.O=C(O)CC1CCCc2c(C3CCOCC3)cn(Cc3ccc(C(F)(F)F)cc3)c21. The van der Waals surface area contributed by atoms with Gasteiger partial charge in [0.15, 0.2) is 0 Å². The molecule has 2 aliphatic rings. The van der Waals surface area contributed by atoms with E-state index in [-0.39, 0.29) is 12.3 Å². The van der Waals surface area contributed by atoms with E-state index in [9.17, 15) is 23.1 Å². The second kappa shape index (κ2) is 12.1. The first-order valence-corrected chi connectivity index (χ1v) is 12.8. The van der Waals surface area contributed by atoms with Crippen molar-refractivity contribution in [2.75, 3.05) is 13.2 Å². The minimum absolute atomic E-state index is 0.0608. The minimum Gasteiger partial charge on any atom is -0.481 e. The van der Waals surface area contributed by atoms with Crippen LogP contribution in [0.1, 0.15) is 99.1 Å². The number of aliphatic carboxylic acids is 1. The van der Waals surface area contributed by atoms with Crippen LogP contribution < -0.4 is 0 Å². The number of alkyl halides is 3. The lowest BCUT2D eigenvalue weighted by Gasteiger charge is -2.27. The number of carboxylic acid groups (broad SMARTS) is 1. The zero-order valence-corrected chi connectivity index (χ0v) is 21.0. The predicted octanol–water partition coefficient (Wildman–Crippen LogP) is 7.40. The Bertz CT molecular complexity index is 957. The van der Waals surface area contributed by atoms with E-state index < -0.39 is 17.7 Å². The largest absolute Gasteiger partial charge is 0.481 e. The molecule has 0 spiro atoms. The van der Waals surface area contributed by atoms with Gasteiger partial charge in [0.25, 0.3) is 0 Å². The van der Waals surface area contributed by atoms with Crippen molar-refractivity contribution in [1.29, 1.82) is 0 Å². The van der Waals surface area contributed by atoms with Crippen LogP contribution in [0.3, 0.4) is 0 Å². The average molecular weight is 494 g/mol. The molecule has 1 saturated heterocycles. The van der Waals surface area contributed by atoms with Gasteiger partial charge in [0.1, 0.15) is 0 Å². The van der Waals surface area contributed by atoms with E-state index in [1.807, 2.05) is 0 Å². The lowest BCUT2D eigenvalue weighted by Crippen LogP contribution is -2.19. The van der Waals surface area contributed by atoms with Gasteiger partial charge in [-0.1, -0.05) is 39.3 Å². The molecule has 2 heterocycles. The number of hydrogen-bond donors (Lipinski definition) is 1. The van der Waals surface area contributed by atoms with Crippen molar-refractivity contribution in [2.45, 2.75) is 90.3 Å². The van der Waals surface area contributed by atoms with Crippen LogP contribution in [0.25, 0.3) is 0 Å². The van der Waals surface area contributed by atoms with Crippen molar-refractivity contribution >= 4 is 5.97 Å². The first kappa shape index (κ1) is 27.3. The third-order valence-electron chi connectivity index (χ3n) is 7.16. The van der Waals surface area contributed by atoms with Gasteiger partial charge in [-0.15, -0.1) is 0 Å². The molecule has 1 unspecified atom stereocenters. The maximum Gasteiger partial charge on any atom is 0.416 e. The summed E-state index contributed by atoms with van der Waals surface area (Å²) in [4.78, 5) is 11.5. The van der Waals surface area contributed by atoms with Gasteiger partial charge < -0.3 is 14.4 Å². The van der Waals surface area contributed by atoms with Crippen LogP contribution in [0, 0.1) is 5.92 Å². The summed E-state index contributed by atoms with van der Waals surface area (Å²) in [5, 5.41) is 9.40. The molecule has 0 saturated carbocycles. The fourth-order valence-electron chi connectivity index (χ4n) is 4.95. The second-order valence-electron chi connectivity index (χ2n) is 10.1. The molecule has 1 aromatic heterocycles. The highest BCUT2D eigenvalue weighted by Gasteiger charge is 2.32. The molecule has 0 amide bonds. The van der Waals surface area contributed by atoms with E-state index in [1.165, 1.54) is 29.7 Å². The molecule has 194 valence electrons. The van der Waals surface area contributed by atoms with Crippen molar-refractivity contribution in [2.24, 2.45) is 5.92 Å². The van der Waals surface area contributed by atoms with E-state index in [2.05, 4.69) is 31.5 Å². The van der Waals surface area contributed by atoms with E-state index in [0.29, 0.717) is 12.5 Å². The van der Waals surface area contributed by atoms with Gasteiger partial charge in [-0.25, -0.2) is 0 Å². The first-order chi connectivity index (χ1) is 16.6. The maximum absolute atomic E-state index is 12.9. The van der Waals surface area contributed by atoms with E-state index in [0.717, 1.165) is 74.6 Å². The van der Waals surface area contributed by atoms with Crippen LogP contribution in [-0.4, -0.2) is 28.9 Å². The number of fused-ring (bicyclic) bond motifs is 1. The van der Waals surface area contributed by atoms with Crippen molar-refractivity contribution in [3.8, 4) is 0 Å². The van der Waals surface area contributed by atoms with Gasteiger partial charge in [0.2, 0.25) is 0 Å². The number of ether oxygens (including phenoxy) is 1. The third kappa shape index (κ3) is 7.35. The Hall–Kier alpha value is -2.28. The molecule has 35 heavy (non-hydrogen) atoms. The fraction of sp³-hybridized carbons (Fsp3) is 0.607. The van der Waals surface area contributed by atoms with Crippen LogP contribution in [0.15, 0.2) is 30.5 Å². The van der Waals surface area contributed by atoms with Gasteiger partial charge in [-0.3, -0.25) is 4.79 Å². The van der Waals surface area contributed by atoms with Gasteiger partial charge in [0.05, 0.1) is 12.0 Å². The summed E-state index contributed by atoms with van der Waals surface area (Å²) in [5.41, 5.74) is 3.71. The summed E-state index contributed by atoms with van der Waals surface area (Å²) in [6, 6.07) is 5.25. The van der Waals surface area contributed by atoms with Crippen LogP contribution >= 0.6 is 0 Å². The topological polar surface area (TPSA) is 51.5 Å². The quantitative estimate of drug-likeness (QED) is 0.456. The van der Waals surface area contributed by atoms with Crippen LogP contribution in [-0.2, 0) is 28.7 Å². The Labute approximate surface area is 206 Å². The van der Waals surface area contributed by atoms with Crippen molar-refractivity contribution in [1.82, 2.24) is 4.57 Å². The number of hydrogen-bond acceptors (Lipinski definition) is 2. The molecular weight excluding hydrogens is 455 g/mol.